The monoisotopic (exact) mass is 302 g/mol. The number of nitrogens with one attached hydrogen (secondary N) is 2. The van der Waals surface area contributed by atoms with E-state index in [9.17, 15) is 9.59 Å². The number of hydrogen-bond acceptors (Lipinski definition) is 4. The molecule has 0 aromatic heterocycles. The van der Waals surface area contributed by atoms with Crippen LogP contribution in [0.1, 0.15) is 24.8 Å². The maximum atomic E-state index is 11.7. The van der Waals surface area contributed by atoms with Gasteiger partial charge in [0.1, 0.15) is 0 Å². The van der Waals surface area contributed by atoms with Crippen molar-refractivity contribution in [1.82, 2.24) is 5.32 Å². The summed E-state index contributed by atoms with van der Waals surface area (Å²) in [6.07, 6.45) is 1.89. The topological polar surface area (TPSA) is 106 Å². The van der Waals surface area contributed by atoms with Crippen molar-refractivity contribution in [3.63, 3.8) is 0 Å². The SMILES string of the molecule is NC(=NOC1CCNC1=O)c1cccc(NC(=O)C2CC2)c1. The van der Waals surface area contributed by atoms with Crippen molar-refractivity contribution in [3.8, 4) is 0 Å². The fourth-order valence-corrected chi connectivity index (χ4v) is 2.19. The van der Waals surface area contributed by atoms with Gasteiger partial charge in [-0.3, -0.25) is 9.59 Å². The molecule has 1 aromatic rings. The molecule has 3 rings (SSSR count). The first-order valence-electron chi connectivity index (χ1n) is 7.32. The summed E-state index contributed by atoms with van der Waals surface area (Å²) in [6.45, 7) is 0.585. The van der Waals surface area contributed by atoms with Crippen LogP contribution in [0.2, 0.25) is 0 Å². The molecule has 7 nitrogen and oxygen atoms in total. The maximum Gasteiger partial charge on any atom is 0.263 e. The molecule has 1 saturated carbocycles. The van der Waals surface area contributed by atoms with Crippen molar-refractivity contribution >= 4 is 23.3 Å². The number of rotatable bonds is 5. The zero-order valence-corrected chi connectivity index (χ0v) is 12.0. The molecule has 7 heteroatoms. The van der Waals surface area contributed by atoms with E-state index in [4.69, 9.17) is 10.6 Å². The smallest absolute Gasteiger partial charge is 0.263 e. The van der Waals surface area contributed by atoms with E-state index in [-0.39, 0.29) is 23.6 Å². The van der Waals surface area contributed by atoms with Gasteiger partial charge in [0.15, 0.2) is 5.84 Å². The molecule has 1 saturated heterocycles. The van der Waals surface area contributed by atoms with E-state index in [0.717, 1.165) is 12.8 Å². The summed E-state index contributed by atoms with van der Waals surface area (Å²) in [7, 11) is 0. The highest BCUT2D eigenvalue weighted by molar-refractivity contribution is 6.00. The molecule has 4 N–H and O–H groups in total. The van der Waals surface area contributed by atoms with Crippen molar-refractivity contribution < 1.29 is 14.4 Å². The van der Waals surface area contributed by atoms with E-state index in [1.54, 1.807) is 24.3 Å². The number of nitrogens with two attached hydrogens (primary N) is 1. The summed E-state index contributed by atoms with van der Waals surface area (Å²) in [4.78, 5) is 28.3. The molecule has 0 radical (unpaired) electrons. The van der Waals surface area contributed by atoms with Gasteiger partial charge in [-0.05, 0) is 25.0 Å². The zero-order chi connectivity index (χ0) is 15.5. The van der Waals surface area contributed by atoms with Crippen LogP contribution in [0.25, 0.3) is 0 Å². The largest absolute Gasteiger partial charge is 0.381 e. The molecule has 2 aliphatic rings. The van der Waals surface area contributed by atoms with Crippen LogP contribution in [0.3, 0.4) is 0 Å². The number of amidine groups is 1. The van der Waals surface area contributed by atoms with Crippen molar-refractivity contribution in [2.45, 2.75) is 25.4 Å². The Balaban J connectivity index is 1.65. The highest BCUT2D eigenvalue weighted by atomic mass is 16.6. The standard InChI is InChI=1S/C15H18N4O3/c16-13(19-22-12-6-7-17-15(12)21)10-2-1-3-11(8-10)18-14(20)9-4-5-9/h1-3,8-9,12H,4-7H2,(H2,16,19)(H,17,21)(H,18,20). The number of carbonyl (C=O) groups is 2. The molecule has 1 aliphatic carbocycles. The van der Waals surface area contributed by atoms with Crippen molar-refractivity contribution in [2.75, 3.05) is 11.9 Å². The second kappa shape index (κ2) is 6.05. The number of benzene rings is 1. The summed E-state index contributed by atoms with van der Waals surface area (Å²) in [5.74, 6) is 0.162. The Bertz CT molecular complexity index is 625. The van der Waals surface area contributed by atoms with Gasteiger partial charge in [0.2, 0.25) is 12.0 Å². The minimum absolute atomic E-state index is 0.0338. The van der Waals surface area contributed by atoms with Gasteiger partial charge >= 0.3 is 0 Å². The van der Waals surface area contributed by atoms with Crippen molar-refractivity contribution in [3.05, 3.63) is 29.8 Å². The average Bonchev–Trinajstić information content (AvgIpc) is 3.29. The molecule has 1 heterocycles. The number of nitrogens with zero attached hydrogens (tertiary/aromatic N) is 1. The second-order valence-electron chi connectivity index (χ2n) is 5.49. The number of anilines is 1. The molecular weight excluding hydrogens is 284 g/mol. The van der Waals surface area contributed by atoms with Gasteiger partial charge in [0.05, 0.1) is 0 Å². The van der Waals surface area contributed by atoms with Gasteiger partial charge in [0.25, 0.3) is 5.91 Å². The average molecular weight is 302 g/mol. The van der Waals surface area contributed by atoms with E-state index < -0.39 is 6.10 Å². The Hall–Kier alpha value is -2.57. The summed E-state index contributed by atoms with van der Waals surface area (Å²) in [6, 6.07) is 7.08. The zero-order valence-electron chi connectivity index (χ0n) is 12.0. The highest BCUT2D eigenvalue weighted by Gasteiger charge is 2.29. The van der Waals surface area contributed by atoms with Crippen LogP contribution in [0.15, 0.2) is 29.4 Å². The summed E-state index contributed by atoms with van der Waals surface area (Å²) < 4.78 is 0. The van der Waals surface area contributed by atoms with Crippen LogP contribution in [0.5, 0.6) is 0 Å². The summed E-state index contributed by atoms with van der Waals surface area (Å²) in [5, 5.41) is 9.32. The number of oxime groups is 1. The third-order valence-electron chi connectivity index (χ3n) is 3.65. The van der Waals surface area contributed by atoms with Gasteiger partial charge in [0, 0.05) is 30.1 Å². The Morgan fingerprint density at radius 2 is 2.18 bits per heavy atom. The van der Waals surface area contributed by atoms with E-state index >= 15 is 0 Å². The fraction of sp³-hybridized carbons (Fsp3) is 0.400. The van der Waals surface area contributed by atoms with E-state index in [1.165, 1.54) is 0 Å². The van der Waals surface area contributed by atoms with Crippen LogP contribution >= 0.6 is 0 Å². The summed E-state index contributed by atoms with van der Waals surface area (Å²) >= 11 is 0. The third-order valence-corrected chi connectivity index (χ3v) is 3.65. The lowest BCUT2D eigenvalue weighted by atomic mass is 10.2. The molecule has 1 unspecified atom stereocenters. The molecule has 1 atom stereocenters. The van der Waals surface area contributed by atoms with Crippen LogP contribution in [0, 0.1) is 5.92 Å². The number of amides is 2. The third kappa shape index (κ3) is 3.36. The Labute approximate surface area is 127 Å². The molecule has 0 spiro atoms. The first-order chi connectivity index (χ1) is 10.6. The molecule has 2 amide bonds. The van der Waals surface area contributed by atoms with E-state index in [0.29, 0.717) is 24.2 Å². The molecular formula is C15H18N4O3. The second-order valence-corrected chi connectivity index (χ2v) is 5.49. The van der Waals surface area contributed by atoms with E-state index in [2.05, 4.69) is 15.8 Å². The van der Waals surface area contributed by atoms with Gasteiger partial charge in [-0.1, -0.05) is 17.3 Å². The van der Waals surface area contributed by atoms with Gasteiger partial charge in [-0.2, -0.15) is 0 Å². The van der Waals surface area contributed by atoms with Crippen molar-refractivity contribution in [1.29, 1.82) is 0 Å². The Morgan fingerprint density at radius 3 is 2.86 bits per heavy atom. The quantitative estimate of drug-likeness (QED) is 0.420. The van der Waals surface area contributed by atoms with Gasteiger partial charge < -0.3 is 21.2 Å². The minimum atomic E-state index is -0.587. The molecule has 22 heavy (non-hydrogen) atoms. The fourth-order valence-electron chi connectivity index (χ4n) is 2.19. The van der Waals surface area contributed by atoms with Crippen LogP contribution in [-0.4, -0.2) is 30.3 Å². The Kier molecular flexibility index (Phi) is 3.95. The van der Waals surface area contributed by atoms with Crippen LogP contribution < -0.4 is 16.4 Å². The molecule has 1 aliphatic heterocycles. The molecule has 2 fully saturated rings. The number of carbonyl (C=O) groups excluding carboxylic acids is 2. The van der Waals surface area contributed by atoms with Crippen LogP contribution in [0.4, 0.5) is 5.69 Å². The lowest BCUT2D eigenvalue weighted by Gasteiger charge is -2.08. The lowest BCUT2D eigenvalue weighted by molar-refractivity contribution is -0.129. The number of hydrogen-bond donors (Lipinski definition) is 3. The molecule has 1 aromatic carbocycles. The van der Waals surface area contributed by atoms with Gasteiger partial charge in [-0.25, -0.2) is 0 Å². The van der Waals surface area contributed by atoms with E-state index in [1.807, 2.05) is 0 Å². The maximum absolute atomic E-state index is 11.7. The van der Waals surface area contributed by atoms with Crippen molar-refractivity contribution in [2.24, 2.45) is 16.8 Å². The van der Waals surface area contributed by atoms with Gasteiger partial charge in [-0.15, -0.1) is 0 Å². The highest BCUT2D eigenvalue weighted by Crippen LogP contribution is 2.30. The predicted octanol–water partition coefficient (Wildman–Crippen LogP) is 0.561. The predicted molar refractivity (Wildman–Crippen MR) is 81.0 cm³/mol. The molecule has 116 valence electrons. The lowest BCUT2D eigenvalue weighted by Crippen LogP contribution is -2.25. The first kappa shape index (κ1) is 14.4. The normalized spacial score (nSPS) is 21.4. The minimum Gasteiger partial charge on any atom is -0.381 e. The van der Waals surface area contributed by atoms with Crippen LogP contribution in [-0.2, 0) is 14.4 Å². The first-order valence-corrected chi connectivity index (χ1v) is 7.32. The summed E-state index contributed by atoms with van der Waals surface area (Å²) in [5.41, 5.74) is 7.17. The Morgan fingerprint density at radius 1 is 1.36 bits per heavy atom. The molecule has 0 bridgehead atoms.